The molecule has 0 fully saturated rings. The van der Waals surface area contributed by atoms with Gasteiger partial charge in [0.2, 0.25) is 0 Å². The molecule has 2 aromatic heterocycles. The molecule has 0 bridgehead atoms. The summed E-state index contributed by atoms with van der Waals surface area (Å²) in [5, 5.41) is 2.79. The third kappa shape index (κ3) is 3.26. The summed E-state index contributed by atoms with van der Waals surface area (Å²) in [6.45, 7) is 4.76. The fourth-order valence-electron chi connectivity index (χ4n) is 2.67. The minimum atomic E-state index is 0.598. The maximum Gasteiger partial charge on any atom is 0.194 e. The van der Waals surface area contributed by atoms with E-state index in [0.29, 0.717) is 12.3 Å². The number of ether oxygens (including phenoxy) is 1. The molecule has 0 saturated carbocycles. The van der Waals surface area contributed by atoms with Gasteiger partial charge in [0, 0.05) is 17.1 Å². The Kier molecular flexibility index (Phi) is 5.11. The first-order valence-electron chi connectivity index (χ1n) is 8.11. The van der Waals surface area contributed by atoms with E-state index in [1.807, 2.05) is 30.6 Å². The van der Waals surface area contributed by atoms with Gasteiger partial charge >= 0.3 is 0 Å². The van der Waals surface area contributed by atoms with Crippen LogP contribution in [0.3, 0.4) is 0 Å². The van der Waals surface area contributed by atoms with Crippen molar-refractivity contribution in [3.63, 3.8) is 0 Å². The highest BCUT2D eigenvalue weighted by atomic mass is 32.1. The van der Waals surface area contributed by atoms with Gasteiger partial charge < -0.3 is 4.74 Å². The Morgan fingerprint density at radius 2 is 2.17 bits per heavy atom. The number of aldehydes is 1. The highest BCUT2D eigenvalue weighted by Gasteiger charge is 2.13. The van der Waals surface area contributed by atoms with Crippen LogP contribution in [0.4, 0.5) is 0 Å². The van der Waals surface area contributed by atoms with E-state index in [1.165, 1.54) is 16.9 Å². The molecule has 0 spiro atoms. The van der Waals surface area contributed by atoms with Crippen molar-refractivity contribution in [3.8, 4) is 22.1 Å². The quantitative estimate of drug-likeness (QED) is 0.582. The smallest absolute Gasteiger partial charge is 0.194 e. The molecular weight excluding hydrogens is 320 g/mol. The van der Waals surface area contributed by atoms with E-state index in [2.05, 4.69) is 19.1 Å². The zero-order valence-electron chi connectivity index (χ0n) is 13.9. The molecule has 0 amide bonds. The minimum Gasteiger partial charge on any atom is -0.493 e. The van der Waals surface area contributed by atoms with Crippen molar-refractivity contribution in [1.29, 1.82) is 0 Å². The van der Waals surface area contributed by atoms with Gasteiger partial charge in [-0.3, -0.25) is 9.36 Å². The SMILES string of the molecule is CCCc1ccc(OCC)c(-c2csc(-n3cccc3C=O)n2)c1. The molecule has 4 nitrogen and oxygen atoms in total. The van der Waals surface area contributed by atoms with Crippen LogP contribution in [-0.4, -0.2) is 22.4 Å². The van der Waals surface area contributed by atoms with Crippen LogP contribution in [0.2, 0.25) is 0 Å². The van der Waals surface area contributed by atoms with Crippen molar-refractivity contribution in [2.24, 2.45) is 0 Å². The highest BCUT2D eigenvalue weighted by molar-refractivity contribution is 7.12. The topological polar surface area (TPSA) is 44.1 Å². The van der Waals surface area contributed by atoms with Gasteiger partial charge in [-0.05, 0) is 43.2 Å². The predicted octanol–water partition coefficient (Wildman–Crippen LogP) is 4.76. The molecule has 2 heterocycles. The van der Waals surface area contributed by atoms with Gasteiger partial charge in [0.05, 0.1) is 18.0 Å². The van der Waals surface area contributed by atoms with Gasteiger partial charge in [0.1, 0.15) is 5.75 Å². The summed E-state index contributed by atoms with van der Waals surface area (Å²) < 4.78 is 7.57. The van der Waals surface area contributed by atoms with Crippen molar-refractivity contribution in [1.82, 2.24) is 9.55 Å². The molecule has 1 aromatic carbocycles. The summed E-state index contributed by atoms with van der Waals surface area (Å²) in [6.07, 6.45) is 4.82. The molecule has 3 aromatic rings. The molecule has 0 unspecified atom stereocenters. The summed E-state index contributed by atoms with van der Waals surface area (Å²) in [5.41, 5.74) is 3.76. The molecule has 0 aliphatic carbocycles. The van der Waals surface area contributed by atoms with Gasteiger partial charge in [-0.25, -0.2) is 4.98 Å². The molecule has 0 N–H and O–H groups in total. The van der Waals surface area contributed by atoms with Crippen molar-refractivity contribution >= 4 is 17.6 Å². The first-order valence-corrected chi connectivity index (χ1v) is 8.99. The number of hydrogen-bond acceptors (Lipinski definition) is 4. The second-order valence-corrected chi connectivity index (χ2v) is 6.29. The average molecular weight is 340 g/mol. The zero-order valence-corrected chi connectivity index (χ0v) is 14.7. The normalized spacial score (nSPS) is 10.8. The molecule has 5 heteroatoms. The van der Waals surface area contributed by atoms with E-state index in [9.17, 15) is 4.79 Å². The standard InChI is InChI=1S/C19H20N2O2S/c1-3-6-14-8-9-18(23-4-2)16(11-14)17-13-24-19(20-17)21-10-5-7-15(21)12-22/h5,7-13H,3-4,6H2,1-2H3. The average Bonchev–Trinajstić information content (AvgIpc) is 3.25. The van der Waals surface area contributed by atoms with Crippen LogP contribution in [0.15, 0.2) is 41.9 Å². The second-order valence-electron chi connectivity index (χ2n) is 5.45. The van der Waals surface area contributed by atoms with Crippen LogP contribution in [0.25, 0.3) is 16.4 Å². The number of nitrogens with zero attached hydrogens (tertiary/aromatic N) is 2. The summed E-state index contributed by atoms with van der Waals surface area (Å²) in [6, 6.07) is 9.92. The van der Waals surface area contributed by atoms with Gasteiger partial charge in [-0.15, -0.1) is 11.3 Å². The molecule has 0 radical (unpaired) electrons. The fraction of sp³-hybridized carbons (Fsp3) is 0.263. The van der Waals surface area contributed by atoms with Crippen LogP contribution in [0.1, 0.15) is 36.3 Å². The van der Waals surface area contributed by atoms with Gasteiger partial charge in [-0.2, -0.15) is 0 Å². The predicted molar refractivity (Wildman–Crippen MR) is 97.4 cm³/mol. The molecular formula is C19H20N2O2S. The number of aromatic nitrogens is 2. The van der Waals surface area contributed by atoms with E-state index in [1.54, 1.807) is 10.6 Å². The first kappa shape index (κ1) is 16.5. The van der Waals surface area contributed by atoms with E-state index >= 15 is 0 Å². The lowest BCUT2D eigenvalue weighted by molar-refractivity contribution is 0.111. The maximum atomic E-state index is 11.1. The second kappa shape index (κ2) is 7.45. The number of aryl methyl sites for hydroxylation is 1. The highest BCUT2D eigenvalue weighted by Crippen LogP contribution is 2.33. The largest absolute Gasteiger partial charge is 0.493 e. The van der Waals surface area contributed by atoms with Crippen LogP contribution < -0.4 is 4.74 Å². The third-order valence-electron chi connectivity index (χ3n) is 3.76. The molecule has 0 aliphatic heterocycles. The van der Waals surface area contributed by atoms with Crippen LogP contribution in [0.5, 0.6) is 5.75 Å². The summed E-state index contributed by atoms with van der Waals surface area (Å²) >= 11 is 1.52. The Bertz CT molecular complexity index is 836. The van der Waals surface area contributed by atoms with Gasteiger partial charge in [0.15, 0.2) is 11.4 Å². The summed E-state index contributed by atoms with van der Waals surface area (Å²) in [4.78, 5) is 15.8. The lowest BCUT2D eigenvalue weighted by Crippen LogP contribution is -1.98. The van der Waals surface area contributed by atoms with E-state index in [-0.39, 0.29) is 0 Å². The van der Waals surface area contributed by atoms with E-state index in [0.717, 1.165) is 41.3 Å². The number of carbonyl (C=O) groups excluding carboxylic acids is 1. The van der Waals surface area contributed by atoms with Crippen molar-refractivity contribution in [2.45, 2.75) is 26.7 Å². The lowest BCUT2D eigenvalue weighted by atomic mass is 10.0. The Morgan fingerprint density at radius 3 is 2.92 bits per heavy atom. The maximum absolute atomic E-state index is 11.1. The summed E-state index contributed by atoms with van der Waals surface area (Å²) in [5.74, 6) is 0.845. The van der Waals surface area contributed by atoms with Gasteiger partial charge in [-0.1, -0.05) is 19.4 Å². The molecule has 0 atom stereocenters. The van der Waals surface area contributed by atoms with Crippen LogP contribution in [-0.2, 0) is 6.42 Å². The summed E-state index contributed by atoms with van der Waals surface area (Å²) in [7, 11) is 0. The number of carbonyl (C=O) groups is 1. The van der Waals surface area contributed by atoms with Crippen molar-refractivity contribution in [3.05, 3.63) is 53.2 Å². The Morgan fingerprint density at radius 1 is 1.29 bits per heavy atom. The van der Waals surface area contributed by atoms with Crippen LogP contribution in [0, 0.1) is 0 Å². The monoisotopic (exact) mass is 340 g/mol. The number of rotatable bonds is 7. The fourth-order valence-corrected chi connectivity index (χ4v) is 3.49. The van der Waals surface area contributed by atoms with Crippen LogP contribution >= 0.6 is 11.3 Å². The molecule has 124 valence electrons. The first-order chi connectivity index (χ1) is 11.8. The van der Waals surface area contributed by atoms with Crippen molar-refractivity contribution in [2.75, 3.05) is 6.61 Å². The molecule has 0 saturated heterocycles. The van der Waals surface area contributed by atoms with Gasteiger partial charge in [0.25, 0.3) is 0 Å². The Hall–Kier alpha value is -2.40. The minimum absolute atomic E-state index is 0.598. The Balaban J connectivity index is 2.02. The number of hydrogen-bond donors (Lipinski definition) is 0. The number of benzene rings is 1. The molecule has 24 heavy (non-hydrogen) atoms. The number of thiazole rings is 1. The van der Waals surface area contributed by atoms with E-state index < -0.39 is 0 Å². The zero-order chi connectivity index (χ0) is 16.9. The van der Waals surface area contributed by atoms with E-state index in [4.69, 9.17) is 9.72 Å². The molecule has 3 rings (SSSR count). The third-order valence-corrected chi connectivity index (χ3v) is 4.60. The molecule has 0 aliphatic rings. The Labute approximate surface area is 145 Å². The van der Waals surface area contributed by atoms with Crippen molar-refractivity contribution < 1.29 is 9.53 Å². The lowest BCUT2D eigenvalue weighted by Gasteiger charge is -2.10.